The molecule has 1 N–H and O–H groups in total. The van der Waals surface area contributed by atoms with Crippen LogP contribution in [0, 0.1) is 0 Å². The number of likely N-dealkylation sites (tertiary alicyclic amines) is 1. The molecule has 2 rings (SSSR count). The van der Waals surface area contributed by atoms with E-state index in [2.05, 4.69) is 12.2 Å². The van der Waals surface area contributed by atoms with Crippen LogP contribution in [0.5, 0.6) is 0 Å². The molecule has 4 nitrogen and oxygen atoms in total. The molecule has 2 aliphatic heterocycles. The number of ether oxygens (including phenoxy) is 1. The molecule has 2 heterocycles. The van der Waals surface area contributed by atoms with Crippen LogP contribution in [0.15, 0.2) is 0 Å². The van der Waals surface area contributed by atoms with Crippen molar-refractivity contribution in [3.05, 3.63) is 0 Å². The predicted molar refractivity (Wildman–Crippen MR) is 62.3 cm³/mol. The molecule has 0 aromatic carbocycles. The van der Waals surface area contributed by atoms with E-state index in [1.807, 2.05) is 4.90 Å². The highest BCUT2D eigenvalue weighted by molar-refractivity contribution is 5.78. The molecule has 2 saturated heterocycles. The summed E-state index contributed by atoms with van der Waals surface area (Å²) in [7, 11) is 0. The van der Waals surface area contributed by atoms with Crippen LogP contribution in [0.3, 0.4) is 0 Å². The second kappa shape index (κ2) is 5.64. The quantitative estimate of drug-likeness (QED) is 0.769. The van der Waals surface area contributed by atoms with Crippen LogP contribution in [-0.2, 0) is 9.53 Å². The molecule has 0 bridgehead atoms. The highest BCUT2D eigenvalue weighted by Crippen LogP contribution is 2.11. The van der Waals surface area contributed by atoms with Gasteiger partial charge >= 0.3 is 0 Å². The fraction of sp³-hybridized carbons (Fsp3) is 0.917. The second-order valence-electron chi connectivity index (χ2n) is 4.90. The van der Waals surface area contributed by atoms with E-state index in [1.165, 1.54) is 0 Å². The van der Waals surface area contributed by atoms with Crippen molar-refractivity contribution in [1.82, 2.24) is 10.2 Å². The Labute approximate surface area is 97.3 Å². The summed E-state index contributed by atoms with van der Waals surface area (Å²) in [6.07, 6.45) is 3.96. The number of hydrogen-bond acceptors (Lipinski definition) is 3. The van der Waals surface area contributed by atoms with Crippen molar-refractivity contribution in [2.75, 3.05) is 26.3 Å². The van der Waals surface area contributed by atoms with Crippen molar-refractivity contribution in [2.45, 2.75) is 44.7 Å². The molecule has 0 radical (unpaired) electrons. The molecule has 2 aliphatic rings. The maximum atomic E-state index is 11.5. The van der Waals surface area contributed by atoms with Crippen LogP contribution in [0.4, 0.5) is 0 Å². The maximum Gasteiger partial charge on any atom is 0.222 e. The van der Waals surface area contributed by atoms with E-state index in [9.17, 15) is 4.79 Å². The van der Waals surface area contributed by atoms with Gasteiger partial charge in [0, 0.05) is 44.8 Å². The molecule has 0 spiro atoms. The maximum absolute atomic E-state index is 11.5. The third-order valence-electron chi connectivity index (χ3n) is 3.41. The van der Waals surface area contributed by atoms with Crippen LogP contribution in [-0.4, -0.2) is 49.2 Å². The topological polar surface area (TPSA) is 41.6 Å². The third-order valence-corrected chi connectivity index (χ3v) is 3.41. The van der Waals surface area contributed by atoms with Gasteiger partial charge in [0.2, 0.25) is 5.91 Å². The van der Waals surface area contributed by atoms with Crippen LogP contribution in [0.1, 0.15) is 32.6 Å². The molecule has 2 fully saturated rings. The molecule has 0 aromatic rings. The minimum absolute atomic E-state index is 0.320. The molecule has 0 aromatic heterocycles. The van der Waals surface area contributed by atoms with E-state index in [0.29, 0.717) is 18.0 Å². The fourth-order valence-electron chi connectivity index (χ4n) is 2.55. The fourth-order valence-corrected chi connectivity index (χ4v) is 2.55. The van der Waals surface area contributed by atoms with Crippen molar-refractivity contribution in [3.8, 4) is 0 Å². The molecule has 4 heteroatoms. The van der Waals surface area contributed by atoms with Crippen molar-refractivity contribution in [1.29, 1.82) is 0 Å². The Morgan fingerprint density at radius 2 is 2.25 bits per heavy atom. The van der Waals surface area contributed by atoms with Gasteiger partial charge in [0.25, 0.3) is 0 Å². The van der Waals surface area contributed by atoms with Gasteiger partial charge in [-0.05, 0) is 26.2 Å². The van der Waals surface area contributed by atoms with Gasteiger partial charge in [-0.3, -0.25) is 4.79 Å². The first-order valence-electron chi connectivity index (χ1n) is 6.37. The zero-order valence-corrected chi connectivity index (χ0v) is 10.1. The molecule has 92 valence electrons. The summed E-state index contributed by atoms with van der Waals surface area (Å²) in [6.45, 7) is 5.70. The summed E-state index contributed by atoms with van der Waals surface area (Å²) in [5.41, 5.74) is 0. The number of hydrogen-bond donors (Lipinski definition) is 1. The lowest BCUT2D eigenvalue weighted by Gasteiger charge is -2.29. The lowest BCUT2D eigenvalue weighted by atomic mass is 10.1. The van der Waals surface area contributed by atoms with Gasteiger partial charge in [0.05, 0.1) is 0 Å². The van der Waals surface area contributed by atoms with Crippen LogP contribution >= 0.6 is 0 Å². The average Bonchev–Trinajstić information content (AvgIpc) is 2.66. The summed E-state index contributed by atoms with van der Waals surface area (Å²) in [4.78, 5) is 13.5. The summed E-state index contributed by atoms with van der Waals surface area (Å²) in [6, 6.07) is 0.964. The third kappa shape index (κ3) is 3.19. The predicted octanol–water partition coefficient (Wildman–Crippen LogP) is 0.766. The van der Waals surface area contributed by atoms with E-state index >= 15 is 0 Å². The van der Waals surface area contributed by atoms with Crippen LogP contribution in [0.25, 0.3) is 0 Å². The lowest BCUT2D eigenvalue weighted by molar-refractivity contribution is -0.128. The van der Waals surface area contributed by atoms with Gasteiger partial charge in [-0.1, -0.05) is 0 Å². The van der Waals surface area contributed by atoms with Crippen molar-refractivity contribution < 1.29 is 9.53 Å². The summed E-state index contributed by atoms with van der Waals surface area (Å²) < 4.78 is 5.33. The van der Waals surface area contributed by atoms with E-state index in [-0.39, 0.29) is 0 Å². The SMILES string of the molecule is CC(CN1CCCC1=O)NC1CCOCC1. The zero-order valence-electron chi connectivity index (χ0n) is 10.1. The summed E-state index contributed by atoms with van der Waals surface area (Å²) in [5.74, 6) is 0.320. The van der Waals surface area contributed by atoms with E-state index in [1.54, 1.807) is 0 Å². The van der Waals surface area contributed by atoms with Crippen LogP contribution in [0.2, 0.25) is 0 Å². The Bertz CT molecular complexity index is 239. The number of carbonyl (C=O) groups is 1. The highest BCUT2D eigenvalue weighted by atomic mass is 16.5. The number of carbonyl (C=O) groups excluding carboxylic acids is 1. The van der Waals surface area contributed by atoms with E-state index in [4.69, 9.17) is 4.74 Å². The smallest absolute Gasteiger partial charge is 0.222 e. The zero-order chi connectivity index (χ0) is 11.4. The molecular weight excluding hydrogens is 204 g/mol. The molecule has 0 aliphatic carbocycles. The Balaban J connectivity index is 1.70. The van der Waals surface area contributed by atoms with Crippen molar-refractivity contribution >= 4 is 5.91 Å². The van der Waals surface area contributed by atoms with Gasteiger partial charge in [0.15, 0.2) is 0 Å². The minimum atomic E-state index is 0.320. The van der Waals surface area contributed by atoms with Crippen LogP contribution < -0.4 is 5.32 Å². The van der Waals surface area contributed by atoms with Gasteiger partial charge in [-0.15, -0.1) is 0 Å². The molecule has 16 heavy (non-hydrogen) atoms. The molecule has 1 unspecified atom stereocenters. The normalized spacial score (nSPS) is 25.1. The highest BCUT2D eigenvalue weighted by Gasteiger charge is 2.23. The van der Waals surface area contributed by atoms with E-state index in [0.717, 1.165) is 52.0 Å². The standard InChI is InChI=1S/C12H22N2O2/c1-10(9-14-6-2-3-12(14)15)13-11-4-7-16-8-5-11/h10-11,13H,2-9H2,1H3. The Morgan fingerprint density at radius 1 is 1.50 bits per heavy atom. The molecule has 1 amide bonds. The molecule has 1 atom stereocenters. The minimum Gasteiger partial charge on any atom is -0.381 e. The van der Waals surface area contributed by atoms with E-state index < -0.39 is 0 Å². The van der Waals surface area contributed by atoms with Crippen molar-refractivity contribution in [2.24, 2.45) is 0 Å². The first-order chi connectivity index (χ1) is 7.75. The van der Waals surface area contributed by atoms with Gasteiger partial charge in [-0.2, -0.15) is 0 Å². The first-order valence-corrected chi connectivity index (χ1v) is 6.37. The number of amides is 1. The summed E-state index contributed by atoms with van der Waals surface area (Å²) >= 11 is 0. The van der Waals surface area contributed by atoms with Gasteiger partial charge < -0.3 is 15.0 Å². The Morgan fingerprint density at radius 3 is 2.88 bits per heavy atom. The summed E-state index contributed by atoms with van der Waals surface area (Å²) in [5, 5.41) is 3.59. The number of nitrogens with one attached hydrogen (secondary N) is 1. The Hall–Kier alpha value is -0.610. The first kappa shape index (κ1) is 11.9. The van der Waals surface area contributed by atoms with Crippen molar-refractivity contribution in [3.63, 3.8) is 0 Å². The lowest BCUT2D eigenvalue weighted by Crippen LogP contribution is -2.46. The number of rotatable bonds is 4. The average molecular weight is 226 g/mol. The monoisotopic (exact) mass is 226 g/mol. The second-order valence-corrected chi connectivity index (χ2v) is 4.90. The van der Waals surface area contributed by atoms with Gasteiger partial charge in [-0.25, -0.2) is 0 Å². The van der Waals surface area contributed by atoms with Gasteiger partial charge in [0.1, 0.15) is 0 Å². The molecular formula is C12H22N2O2. The molecule has 0 saturated carbocycles. The number of nitrogens with zero attached hydrogens (tertiary/aromatic N) is 1. The Kier molecular flexibility index (Phi) is 4.18. The largest absolute Gasteiger partial charge is 0.381 e.